The van der Waals surface area contributed by atoms with Crippen molar-refractivity contribution >= 4 is 101 Å². The highest BCUT2D eigenvalue weighted by Gasteiger charge is 2.46. The molecule has 0 unspecified atom stereocenters. The van der Waals surface area contributed by atoms with Gasteiger partial charge in [-0.15, -0.1) is 0 Å². The molecule has 2 aliphatic rings. The van der Waals surface area contributed by atoms with E-state index in [2.05, 4.69) is 352 Å². The molecule has 0 spiro atoms. The van der Waals surface area contributed by atoms with Gasteiger partial charge in [-0.3, -0.25) is 0 Å². The van der Waals surface area contributed by atoms with Gasteiger partial charge in [-0.1, -0.05) is 277 Å². The first-order valence-electron chi connectivity index (χ1n) is 33.2. The average Bonchev–Trinajstić information content (AvgIpc) is 1.49. The Morgan fingerprint density at radius 3 is 1.44 bits per heavy atom. The number of para-hydroxylation sites is 3. The normalized spacial score (nSPS) is 13.3. The first kappa shape index (κ1) is 58.0. The summed E-state index contributed by atoms with van der Waals surface area (Å²) in [5.41, 5.74) is 29.7. The number of fused-ring (bicyclic) bond motifs is 10. The van der Waals surface area contributed by atoms with Gasteiger partial charge in [-0.2, -0.15) is 0 Å². The Labute approximate surface area is 548 Å². The summed E-state index contributed by atoms with van der Waals surface area (Å²) in [7, 11) is 0. The van der Waals surface area contributed by atoms with Crippen molar-refractivity contribution in [1.29, 1.82) is 0 Å². The molecule has 16 rings (SSSR count). The molecule has 0 fully saturated rings. The van der Waals surface area contributed by atoms with Crippen LogP contribution in [0.3, 0.4) is 0 Å². The van der Waals surface area contributed by atoms with E-state index in [1.807, 2.05) is 0 Å². The maximum Gasteiger partial charge on any atom is 0.252 e. The fourth-order valence-electron chi connectivity index (χ4n) is 15.1. The molecule has 2 aliphatic heterocycles. The zero-order valence-corrected chi connectivity index (χ0v) is 55.6. The van der Waals surface area contributed by atoms with E-state index >= 15 is 0 Å². The second-order valence-corrected chi connectivity index (χ2v) is 30.2. The molecule has 0 aliphatic carbocycles. The number of anilines is 6. The standard InChI is InChI=1S/C88H78BN3O/c1-85(2,3)62-33-25-31-57(47-62)59-41-44-69-74(49-59)91(76-51-61(55-27-15-13-16-28-55)52-80-81(76)67-36-20-24-40-79(67)93-80)77-53-64(87(7,8)9)54-78-83(77)89(69)70-45-42-60(58-32-26-34-63(48-58)86(4,5)6)50-75(70)92(78)84-65(56-29-17-14-18-30-56)43-46-73-82(84)66-35-19-22-38-71(66)90(73)72-39-23-21-37-68(72)88(10,11)12/h13-54H,1-12H3. The Morgan fingerprint density at radius 2 is 0.817 bits per heavy atom. The summed E-state index contributed by atoms with van der Waals surface area (Å²) in [6.45, 7) is 27.9. The van der Waals surface area contributed by atoms with Crippen molar-refractivity contribution in [2.75, 3.05) is 9.80 Å². The highest BCUT2D eigenvalue weighted by molar-refractivity contribution is 7.00. The molecular weight excluding hydrogens is 1130 g/mol. The molecule has 0 radical (unpaired) electrons. The van der Waals surface area contributed by atoms with Gasteiger partial charge in [-0.25, -0.2) is 0 Å². The van der Waals surface area contributed by atoms with Gasteiger partial charge >= 0.3 is 0 Å². The van der Waals surface area contributed by atoms with Gasteiger partial charge < -0.3 is 18.8 Å². The van der Waals surface area contributed by atoms with E-state index < -0.39 is 0 Å². The van der Waals surface area contributed by atoms with Gasteiger partial charge in [0.1, 0.15) is 11.2 Å². The second kappa shape index (κ2) is 21.2. The first-order chi connectivity index (χ1) is 44.7. The van der Waals surface area contributed by atoms with Crippen LogP contribution < -0.4 is 26.2 Å². The van der Waals surface area contributed by atoms with Crippen molar-refractivity contribution in [1.82, 2.24) is 4.57 Å². The van der Waals surface area contributed by atoms with Gasteiger partial charge in [0.05, 0.1) is 27.8 Å². The molecule has 14 aromatic rings. The lowest BCUT2D eigenvalue weighted by molar-refractivity contribution is 0.587. The smallest absolute Gasteiger partial charge is 0.252 e. The molecule has 454 valence electrons. The van der Waals surface area contributed by atoms with Crippen LogP contribution in [-0.4, -0.2) is 11.3 Å². The van der Waals surface area contributed by atoms with Crippen molar-refractivity contribution in [3.8, 4) is 50.2 Å². The molecule has 2 aromatic heterocycles. The van der Waals surface area contributed by atoms with Crippen molar-refractivity contribution in [3.63, 3.8) is 0 Å². The van der Waals surface area contributed by atoms with Crippen LogP contribution in [0, 0.1) is 0 Å². The Hall–Kier alpha value is -10.1. The maximum atomic E-state index is 7.06. The fourth-order valence-corrected chi connectivity index (χ4v) is 15.1. The van der Waals surface area contributed by atoms with Crippen LogP contribution in [0.2, 0.25) is 0 Å². The molecule has 0 bridgehead atoms. The molecule has 0 saturated heterocycles. The number of hydrogen-bond acceptors (Lipinski definition) is 3. The lowest BCUT2D eigenvalue weighted by Crippen LogP contribution is -2.61. The third kappa shape index (κ3) is 9.56. The van der Waals surface area contributed by atoms with Gasteiger partial charge in [0.2, 0.25) is 0 Å². The van der Waals surface area contributed by atoms with Crippen LogP contribution in [0.4, 0.5) is 34.1 Å². The fraction of sp³-hybridized carbons (Fsp3) is 0.182. The van der Waals surface area contributed by atoms with Gasteiger partial charge in [0.15, 0.2) is 0 Å². The van der Waals surface area contributed by atoms with E-state index in [1.165, 1.54) is 82.9 Å². The van der Waals surface area contributed by atoms with Crippen LogP contribution in [0.5, 0.6) is 0 Å². The van der Waals surface area contributed by atoms with Gasteiger partial charge in [0, 0.05) is 50.2 Å². The van der Waals surface area contributed by atoms with E-state index in [4.69, 9.17) is 4.42 Å². The molecule has 4 nitrogen and oxygen atoms in total. The van der Waals surface area contributed by atoms with E-state index in [0.717, 1.165) is 83.8 Å². The number of hydrogen-bond donors (Lipinski definition) is 0. The maximum absolute atomic E-state index is 7.06. The van der Waals surface area contributed by atoms with Crippen LogP contribution in [0.1, 0.15) is 105 Å². The highest BCUT2D eigenvalue weighted by atomic mass is 16.3. The molecule has 4 heterocycles. The minimum absolute atomic E-state index is 0.0398. The SMILES string of the molecule is CC(C)(C)c1cccc(-c2ccc3c(c2)N(c2cc(-c4ccccc4)cc4oc5ccccc5c24)c2cc(C(C)(C)C)cc4c2B3c2ccc(-c3cccc(C(C)(C)C)c3)cc2N4c2c(-c3ccccc3)ccc3c2c2ccccc2n3-c2ccccc2C(C)(C)C)c1. The van der Waals surface area contributed by atoms with Gasteiger partial charge in [-0.05, 0) is 160 Å². The van der Waals surface area contributed by atoms with E-state index in [0.29, 0.717) is 0 Å². The molecule has 0 atom stereocenters. The first-order valence-corrected chi connectivity index (χ1v) is 33.2. The summed E-state index contributed by atoms with van der Waals surface area (Å²) in [5.74, 6) is 0. The lowest BCUT2D eigenvalue weighted by atomic mass is 9.33. The van der Waals surface area contributed by atoms with Gasteiger partial charge in [0.25, 0.3) is 6.71 Å². The summed E-state index contributed by atoms with van der Waals surface area (Å²) in [6, 6.07) is 96.7. The Kier molecular flexibility index (Phi) is 13.2. The summed E-state index contributed by atoms with van der Waals surface area (Å²) >= 11 is 0. The number of rotatable bonds is 7. The molecule has 0 N–H and O–H groups in total. The number of furan rings is 1. The number of aromatic nitrogens is 1. The molecule has 0 amide bonds. The molecule has 12 aromatic carbocycles. The largest absolute Gasteiger partial charge is 0.456 e. The average molecular weight is 1200 g/mol. The van der Waals surface area contributed by atoms with Crippen molar-refractivity contribution in [2.45, 2.75) is 105 Å². The van der Waals surface area contributed by atoms with Crippen LogP contribution in [0.15, 0.2) is 259 Å². The summed E-state index contributed by atoms with van der Waals surface area (Å²) in [6.07, 6.45) is 0. The molecule has 0 saturated carbocycles. The Bertz CT molecular complexity index is 5330. The predicted molar refractivity (Wildman–Crippen MR) is 399 cm³/mol. The molecule has 93 heavy (non-hydrogen) atoms. The Balaban J connectivity index is 1.09. The van der Waals surface area contributed by atoms with Crippen LogP contribution in [0.25, 0.3) is 93.9 Å². The number of benzene rings is 12. The van der Waals surface area contributed by atoms with Crippen molar-refractivity contribution < 1.29 is 4.42 Å². The quantitative estimate of drug-likeness (QED) is 0.149. The summed E-state index contributed by atoms with van der Waals surface area (Å²) < 4.78 is 9.62. The number of nitrogens with zero attached hydrogens (tertiary/aromatic N) is 3. The summed E-state index contributed by atoms with van der Waals surface area (Å²) in [5, 5.41) is 4.57. The van der Waals surface area contributed by atoms with Crippen molar-refractivity contribution in [2.24, 2.45) is 0 Å². The third-order valence-corrected chi connectivity index (χ3v) is 19.9. The molecular formula is C88H78BN3O. The predicted octanol–water partition coefficient (Wildman–Crippen LogP) is 22.6. The summed E-state index contributed by atoms with van der Waals surface area (Å²) in [4.78, 5) is 5.38. The van der Waals surface area contributed by atoms with Crippen LogP contribution in [-0.2, 0) is 21.7 Å². The second-order valence-electron chi connectivity index (χ2n) is 30.2. The van der Waals surface area contributed by atoms with E-state index in [-0.39, 0.29) is 28.4 Å². The minimum atomic E-state index is -0.298. The lowest BCUT2D eigenvalue weighted by Gasteiger charge is -2.46. The van der Waals surface area contributed by atoms with Crippen molar-refractivity contribution in [3.05, 3.63) is 277 Å². The van der Waals surface area contributed by atoms with E-state index in [1.54, 1.807) is 0 Å². The zero-order chi connectivity index (χ0) is 64.0. The van der Waals surface area contributed by atoms with E-state index in [9.17, 15) is 0 Å². The zero-order valence-electron chi connectivity index (χ0n) is 55.6. The van der Waals surface area contributed by atoms with Crippen LogP contribution >= 0.6 is 0 Å². The molecule has 5 heteroatoms. The highest BCUT2D eigenvalue weighted by Crippen LogP contribution is 2.55. The minimum Gasteiger partial charge on any atom is -0.456 e. The Morgan fingerprint density at radius 1 is 0.301 bits per heavy atom. The third-order valence-electron chi connectivity index (χ3n) is 19.9. The topological polar surface area (TPSA) is 24.6 Å². The monoisotopic (exact) mass is 1200 g/mol.